The highest BCUT2D eigenvalue weighted by atomic mass is 16.2. The van der Waals surface area contributed by atoms with Crippen LogP contribution in [0.25, 0.3) is 5.65 Å². The zero-order valence-electron chi connectivity index (χ0n) is 20.2. The fraction of sp³-hybridized carbons (Fsp3) is 0.308. The van der Waals surface area contributed by atoms with Gasteiger partial charge in [0.2, 0.25) is 11.6 Å². The SMILES string of the molecule is Cc1cc(C)c(NC(=O)Cn2nc3c(N4CCN(c5ccccc5)CC4)nccn3c2=O)c(C)c1. The molecule has 3 heterocycles. The van der Waals surface area contributed by atoms with Crippen LogP contribution >= 0.6 is 0 Å². The van der Waals surface area contributed by atoms with Gasteiger partial charge in [-0.2, -0.15) is 0 Å². The van der Waals surface area contributed by atoms with E-state index in [1.165, 1.54) is 14.8 Å². The maximum atomic E-state index is 13.0. The van der Waals surface area contributed by atoms with Crippen LogP contribution in [-0.4, -0.2) is 51.3 Å². The van der Waals surface area contributed by atoms with Crippen LogP contribution < -0.4 is 20.8 Å². The molecule has 1 amide bonds. The van der Waals surface area contributed by atoms with Gasteiger partial charge in [-0.1, -0.05) is 35.9 Å². The van der Waals surface area contributed by atoms with Crippen LogP contribution in [0.4, 0.5) is 17.2 Å². The van der Waals surface area contributed by atoms with Gasteiger partial charge in [-0.05, 0) is 44.0 Å². The molecule has 9 nitrogen and oxygen atoms in total. The molecule has 0 bridgehead atoms. The lowest BCUT2D eigenvalue weighted by atomic mass is 10.1. The van der Waals surface area contributed by atoms with Crippen LogP contribution in [0.3, 0.4) is 0 Å². The number of carbonyl (C=O) groups excluding carboxylic acids is 1. The van der Waals surface area contributed by atoms with Gasteiger partial charge in [0, 0.05) is 49.9 Å². The van der Waals surface area contributed by atoms with Crippen molar-refractivity contribution in [2.75, 3.05) is 41.3 Å². The van der Waals surface area contributed by atoms with E-state index in [1.54, 1.807) is 12.4 Å². The lowest BCUT2D eigenvalue weighted by Crippen LogP contribution is -2.47. The number of nitrogens with one attached hydrogen (secondary N) is 1. The van der Waals surface area contributed by atoms with Crippen LogP contribution in [-0.2, 0) is 11.3 Å². The first-order valence-electron chi connectivity index (χ1n) is 11.8. The molecular formula is C26H29N7O2. The first kappa shape index (κ1) is 22.6. The van der Waals surface area contributed by atoms with Crippen molar-refractivity contribution in [1.82, 2.24) is 19.2 Å². The Labute approximate surface area is 203 Å². The molecule has 1 fully saturated rings. The van der Waals surface area contributed by atoms with Crippen molar-refractivity contribution in [2.24, 2.45) is 0 Å². The van der Waals surface area contributed by atoms with E-state index in [9.17, 15) is 9.59 Å². The zero-order valence-corrected chi connectivity index (χ0v) is 20.2. The summed E-state index contributed by atoms with van der Waals surface area (Å²) in [4.78, 5) is 34.8. The van der Waals surface area contributed by atoms with E-state index in [2.05, 4.69) is 37.3 Å². The molecule has 2 aromatic heterocycles. The van der Waals surface area contributed by atoms with Gasteiger partial charge in [0.25, 0.3) is 0 Å². The van der Waals surface area contributed by atoms with Gasteiger partial charge in [-0.25, -0.2) is 18.9 Å². The van der Waals surface area contributed by atoms with Gasteiger partial charge in [0.15, 0.2) is 5.82 Å². The van der Waals surface area contributed by atoms with Gasteiger partial charge < -0.3 is 15.1 Å². The fourth-order valence-electron chi connectivity index (χ4n) is 4.77. The minimum Gasteiger partial charge on any atom is -0.368 e. The predicted molar refractivity (Wildman–Crippen MR) is 137 cm³/mol. The van der Waals surface area contributed by atoms with Crippen molar-refractivity contribution in [3.05, 3.63) is 82.0 Å². The molecule has 2 aromatic carbocycles. The Hall–Kier alpha value is -4.14. The molecular weight excluding hydrogens is 442 g/mol. The number of anilines is 3. The molecule has 0 atom stereocenters. The van der Waals surface area contributed by atoms with Crippen molar-refractivity contribution in [1.29, 1.82) is 0 Å². The summed E-state index contributed by atoms with van der Waals surface area (Å²) >= 11 is 0. The Morgan fingerprint density at radius 2 is 1.63 bits per heavy atom. The Balaban J connectivity index is 1.34. The summed E-state index contributed by atoms with van der Waals surface area (Å²) in [5, 5.41) is 7.44. The molecule has 1 aliphatic rings. The molecule has 1 aliphatic heterocycles. The molecule has 0 spiro atoms. The highest BCUT2D eigenvalue weighted by Crippen LogP contribution is 2.23. The highest BCUT2D eigenvalue weighted by Gasteiger charge is 2.23. The molecule has 0 unspecified atom stereocenters. The van der Waals surface area contributed by atoms with E-state index in [4.69, 9.17) is 0 Å². The Morgan fingerprint density at radius 1 is 0.971 bits per heavy atom. The minimum absolute atomic E-state index is 0.172. The normalized spacial score (nSPS) is 13.9. The second-order valence-electron chi connectivity index (χ2n) is 9.02. The molecule has 0 aliphatic carbocycles. The highest BCUT2D eigenvalue weighted by molar-refractivity contribution is 5.92. The van der Waals surface area contributed by atoms with Crippen molar-refractivity contribution in [3.8, 4) is 0 Å². The molecule has 0 radical (unpaired) electrons. The van der Waals surface area contributed by atoms with E-state index >= 15 is 0 Å². The van der Waals surface area contributed by atoms with E-state index in [0.717, 1.165) is 48.6 Å². The van der Waals surface area contributed by atoms with Gasteiger partial charge in [-0.15, -0.1) is 5.10 Å². The molecule has 180 valence electrons. The third kappa shape index (κ3) is 4.49. The average Bonchev–Trinajstić information content (AvgIpc) is 3.17. The number of aryl methyl sites for hydroxylation is 3. The maximum Gasteiger partial charge on any atom is 0.350 e. The molecule has 4 aromatic rings. The topological polar surface area (TPSA) is 87.8 Å². The lowest BCUT2D eigenvalue weighted by molar-refractivity contribution is -0.117. The van der Waals surface area contributed by atoms with E-state index in [1.807, 2.05) is 51.1 Å². The van der Waals surface area contributed by atoms with Crippen molar-refractivity contribution < 1.29 is 4.79 Å². The van der Waals surface area contributed by atoms with Crippen LogP contribution in [0, 0.1) is 20.8 Å². The summed E-state index contributed by atoms with van der Waals surface area (Å²) in [5.41, 5.74) is 5.18. The van der Waals surface area contributed by atoms with Crippen molar-refractivity contribution in [2.45, 2.75) is 27.3 Å². The third-order valence-corrected chi connectivity index (χ3v) is 6.42. The summed E-state index contributed by atoms with van der Waals surface area (Å²) < 4.78 is 2.66. The van der Waals surface area contributed by atoms with E-state index < -0.39 is 0 Å². The minimum atomic E-state index is -0.362. The van der Waals surface area contributed by atoms with Gasteiger partial charge in [-0.3, -0.25) is 4.79 Å². The second kappa shape index (κ2) is 9.25. The summed E-state index contributed by atoms with van der Waals surface area (Å²) in [5.74, 6) is 0.359. The number of carbonyl (C=O) groups is 1. The molecule has 1 N–H and O–H groups in total. The van der Waals surface area contributed by atoms with Gasteiger partial charge >= 0.3 is 5.69 Å². The summed E-state index contributed by atoms with van der Waals surface area (Å²) in [7, 11) is 0. The number of nitrogens with zero attached hydrogens (tertiary/aromatic N) is 6. The van der Waals surface area contributed by atoms with Crippen LogP contribution in [0.1, 0.15) is 16.7 Å². The Morgan fingerprint density at radius 3 is 2.31 bits per heavy atom. The van der Waals surface area contributed by atoms with E-state index in [0.29, 0.717) is 11.5 Å². The third-order valence-electron chi connectivity index (χ3n) is 6.42. The van der Waals surface area contributed by atoms with E-state index in [-0.39, 0.29) is 18.1 Å². The lowest BCUT2D eigenvalue weighted by Gasteiger charge is -2.36. The Bertz CT molecular complexity index is 1410. The number of rotatable bonds is 5. The van der Waals surface area contributed by atoms with Crippen LogP contribution in [0.5, 0.6) is 0 Å². The quantitative estimate of drug-likeness (QED) is 0.482. The largest absolute Gasteiger partial charge is 0.368 e. The standard InChI is InChI=1S/C26H29N7O2/c1-18-15-19(2)23(20(3)16-18)28-22(34)17-33-26(35)32-10-9-27-24(25(32)29-33)31-13-11-30(12-14-31)21-7-5-4-6-8-21/h4-10,15-16H,11-14,17H2,1-3H3,(H,28,34). The fourth-order valence-corrected chi connectivity index (χ4v) is 4.77. The first-order valence-corrected chi connectivity index (χ1v) is 11.8. The summed E-state index contributed by atoms with van der Waals surface area (Å²) in [6, 6.07) is 14.4. The average molecular weight is 472 g/mol. The van der Waals surface area contributed by atoms with Crippen LogP contribution in [0.2, 0.25) is 0 Å². The zero-order chi connectivity index (χ0) is 24.5. The second-order valence-corrected chi connectivity index (χ2v) is 9.02. The number of fused-ring (bicyclic) bond motifs is 1. The number of hydrogen-bond acceptors (Lipinski definition) is 6. The summed E-state index contributed by atoms with van der Waals surface area (Å²) in [6.07, 6.45) is 3.20. The number of piperazine rings is 1. The number of hydrogen-bond donors (Lipinski definition) is 1. The molecule has 35 heavy (non-hydrogen) atoms. The number of benzene rings is 2. The molecule has 1 saturated heterocycles. The van der Waals surface area contributed by atoms with Crippen molar-refractivity contribution >= 4 is 28.7 Å². The van der Waals surface area contributed by atoms with Crippen LogP contribution in [0.15, 0.2) is 59.7 Å². The summed E-state index contributed by atoms with van der Waals surface area (Å²) in [6.45, 7) is 8.97. The first-order chi connectivity index (χ1) is 16.9. The smallest absolute Gasteiger partial charge is 0.350 e. The number of aromatic nitrogens is 4. The van der Waals surface area contributed by atoms with Gasteiger partial charge in [0.05, 0.1) is 0 Å². The van der Waals surface area contributed by atoms with Gasteiger partial charge in [0.1, 0.15) is 6.54 Å². The monoisotopic (exact) mass is 471 g/mol. The number of para-hydroxylation sites is 1. The molecule has 5 rings (SSSR count). The molecule has 0 saturated carbocycles. The number of amides is 1. The maximum absolute atomic E-state index is 13.0. The Kier molecular flexibility index (Phi) is 5.98. The predicted octanol–water partition coefficient (Wildman–Crippen LogP) is 2.78. The molecule has 9 heteroatoms. The van der Waals surface area contributed by atoms with Crippen molar-refractivity contribution in [3.63, 3.8) is 0 Å².